The number of carbonyl (C=O) groups excluding carboxylic acids is 2. The van der Waals surface area contributed by atoms with Gasteiger partial charge in [-0.1, -0.05) is 6.92 Å². The minimum atomic E-state index is -0.0247. The molecule has 0 aliphatic carbocycles. The van der Waals surface area contributed by atoms with E-state index in [0.717, 1.165) is 12.8 Å². The zero-order valence-electron chi connectivity index (χ0n) is 13.4. The molecule has 0 radical (unpaired) electrons. The van der Waals surface area contributed by atoms with Gasteiger partial charge in [0.15, 0.2) is 11.5 Å². The summed E-state index contributed by atoms with van der Waals surface area (Å²) in [5.74, 6) is 1.54. The average Bonchev–Trinajstić information content (AvgIpc) is 2.59. The molecule has 1 fully saturated rings. The van der Waals surface area contributed by atoms with E-state index in [1.165, 1.54) is 0 Å². The van der Waals surface area contributed by atoms with Crippen LogP contribution in [0.3, 0.4) is 0 Å². The van der Waals surface area contributed by atoms with Gasteiger partial charge < -0.3 is 14.4 Å². The molecule has 1 amide bonds. The SMILES string of the molecule is CCC(=O)C1CCN(C(=O)c2ccc(OC)c(OC)c2)CC1. The molecule has 1 aromatic rings. The maximum atomic E-state index is 12.6. The van der Waals surface area contributed by atoms with Crippen LogP contribution < -0.4 is 9.47 Å². The molecular weight excluding hydrogens is 282 g/mol. The highest BCUT2D eigenvalue weighted by Gasteiger charge is 2.27. The number of nitrogens with zero attached hydrogens (tertiary/aromatic N) is 1. The van der Waals surface area contributed by atoms with Crippen LogP contribution in [0.4, 0.5) is 0 Å². The Morgan fingerprint density at radius 3 is 2.32 bits per heavy atom. The fraction of sp³-hybridized carbons (Fsp3) is 0.529. The second-order valence-electron chi connectivity index (χ2n) is 5.46. The van der Waals surface area contributed by atoms with Crippen LogP contribution in [0.25, 0.3) is 0 Å². The third kappa shape index (κ3) is 3.40. The van der Waals surface area contributed by atoms with E-state index in [9.17, 15) is 9.59 Å². The average molecular weight is 305 g/mol. The van der Waals surface area contributed by atoms with Crippen molar-refractivity contribution in [1.82, 2.24) is 4.90 Å². The molecule has 0 atom stereocenters. The lowest BCUT2D eigenvalue weighted by Crippen LogP contribution is -2.40. The first-order valence-corrected chi connectivity index (χ1v) is 7.64. The van der Waals surface area contributed by atoms with Gasteiger partial charge in [-0.05, 0) is 31.0 Å². The zero-order chi connectivity index (χ0) is 16.1. The molecule has 0 saturated carbocycles. The Balaban J connectivity index is 2.05. The summed E-state index contributed by atoms with van der Waals surface area (Å²) in [5, 5.41) is 0. The molecule has 0 aromatic heterocycles. The second kappa shape index (κ2) is 7.29. The van der Waals surface area contributed by atoms with E-state index >= 15 is 0 Å². The van der Waals surface area contributed by atoms with Crippen LogP contribution in [0, 0.1) is 5.92 Å². The van der Waals surface area contributed by atoms with Crippen molar-refractivity contribution in [3.63, 3.8) is 0 Å². The summed E-state index contributed by atoms with van der Waals surface area (Å²) in [6.45, 7) is 3.15. The molecule has 120 valence electrons. The maximum absolute atomic E-state index is 12.6. The second-order valence-corrected chi connectivity index (χ2v) is 5.46. The quantitative estimate of drug-likeness (QED) is 0.839. The van der Waals surface area contributed by atoms with E-state index in [0.29, 0.717) is 42.4 Å². The highest BCUT2D eigenvalue weighted by Crippen LogP contribution is 2.29. The fourth-order valence-electron chi connectivity index (χ4n) is 2.85. The van der Waals surface area contributed by atoms with E-state index in [2.05, 4.69) is 0 Å². The van der Waals surface area contributed by atoms with Crippen molar-refractivity contribution in [3.8, 4) is 11.5 Å². The normalized spacial score (nSPS) is 15.5. The van der Waals surface area contributed by atoms with Crippen LogP contribution in [0.1, 0.15) is 36.5 Å². The standard InChI is InChI=1S/C17H23NO4/c1-4-14(19)12-7-9-18(10-8-12)17(20)13-5-6-15(21-2)16(11-13)22-3/h5-6,11-12H,4,7-10H2,1-3H3. The third-order valence-electron chi connectivity index (χ3n) is 4.22. The van der Waals surface area contributed by atoms with Crippen molar-refractivity contribution in [1.29, 1.82) is 0 Å². The summed E-state index contributed by atoms with van der Waals surface area (Å²) in [6, 6.07) is 5.18. The maximum Gasteiger partial charge on any atom is 0.253 e. The van der Waals surface area contributed by atoms with Crippen LogP contribution in [-0.4, -0.2) is 43.9 Å². The topological polar surface area (TPSA) is 55.8 Å². The first kappa shape index (κ1) is 16.3. The highest BCUT2D eigenvalue weighted by molar-refractivity contribution is 5.95. The molecule has 5 nitrogen and oxygen atoms in total. The van der Waals surface area contributed by atoms with E-state index in [1.54, 1.807) is 37.3 Å². The Hall–Kier alpha value is -2.04. The summed E-state index contributed by atoms with van der Waals surface area (Å²) >= 11 is 0. The minimum absolute atomic E-state index is 0.0247. The van der Waals surface area contributed by atoms with E-state index in [-0.39, 0.29) is 11.8 Å². The number of amides is 1. The minimum Gasteiger partial charge on any atom is -0.493 e. The number of carbonyl (C=O) groups is 2. The number of rotatable bonds is 5. The van der Waals surface area contributed by atoms with Gasteiger partial charge in [0.2, 0.25) is 0 Å². The predicted molar refractivity (Wildman–Crippen MR) is 83.5 cm³/mol. The molecule has 1 heterocycles. The molecule has 0 N–H and O–H groups in total. The number of hydrogen-bond acceptors (Lipinski definition) is 4. The largest absolute Gasteiger partial charge is 0.493 e. The van der Waals surface area contributed by atoms with Crippen molar-refractivity contribution in [3.05, 3.63) is 23.8 Å². The van der Waals surface area contributed by atoms with E-state index in [4.69, 9.17) is 9.47 Å². The number of ketones is 1. The van der Waals surface area contributed by atoms with Crippen molar-refractivity contribution in [2.24, 2.45) is 5.92 Å². The molecule has 5 heteroatoms. The number of likely N-dealkylation sites (tertiary alicyclic amines) is 1. The smallest absolute Gasteiger partial charge is 0.253 e. The number of hydrogen-bond donors (Lipinski definition) is 0. The van der Waals surface area contributed by atoms with Gasteiger partial charge >= 0.3 is 0 Å². The van der Waals surface area contributed by atoms with Gasteiger partial charge in [0.05, 0.1) is 14.2 Å². The van der Waals surface area contributed by atoms with Crippen molar-refractivity contribution >= 4 is 11.7 Å². The lowest BCUT2D eigenvalue weighted by molar-refractivity contribution is -0.123. The number of ether oxygens (including phenoxy) is 2. The molecule has 0 bridgehead atoms. The molecule has 1 aliphatic rings. The molecule has 2 rings (SSSR count). The van der Waals surface area contributed by atoms with Crippen LogP contribution in [0.5, 0.6) is 11.5 Å². The molecular formula is C17H23NO4. The molecule has 22 heavy (non-hydrogen) atoms. The summed E-state index contributed by atoms with van der Waals surface area (Å²) in [6.07, 6.45) is 2.09. The first-order chi connectivity index (χ1) is 10.6. The lowest BCUT2D eigenvalue weighted by atomic mass is 9.91. The van der Waals surface area contributed by atoms with Crippen LogP contribution in [0.15, 0.2) is 18.2 Å². The Labute approximate surface area is 131 Å². The van der Waals surface area contributed by atoms with Gasteiger partial charge in [0, 0.05) is 31.0 Å². The van der Waals surface area contributed by atoms with Gasteiger partial charge in [-0.15, -0.1) is 0 Å². The summed E-state index contributed by atoms with van der Waals surface area (Å²) in [7, 11) is 3.11. The van der Waals surface area contributed by atoms with Gasteiger partial charge in [0.1, 0.15) is 5.78 Å². The number of methoxy groups -OCH3 is 2. The van der Waals surface area contributed by atoms with Crippen LogP contribution in [0.2, 0.25) is 0 Å². The summed E-state index contributed by atoms with van der Waals surface area (Å²) in [4.78, 5) is 26.1. The fourth-order valence-corrected chi connectivity index (χ4v) is 2.85. The Morgan fingerprint density at radius 1 is 1.14 bits per heavy atom. The van der Waals surface area contributed by atoms with Gasteiger partial charge in [-0.2, -0.15) is 0 Å². The summed E-state index contributed by atoms with van der Waals surface area (Å²) in [5.41, 5.74) is 0.581. The molecule has 1 aromatic carbocycles. The van der Waals surface area contributed by atoms with Crippen LogP contribution in [-0.2, 0) is 4.79 Å². The van der Waals surface area contributed by atoms with Gasteiger partial charge in [0.25, 0.3) is 5.91 Å². The monoisotopic (exact) mass is 305 g/mol. The molecule has 0 spiro atoms. The van der Waals surface area contributed by atoms with Crippen molar-refractivity contribution < 1.29 is 19.1 Å². The van der Waals surface area contributed by atoms with E-state index < -0.39 is 0 Å². The Bertz CT molecular complexity index is 548. The Morgan fingerprint density at radius 2 is 1.77 bits per heavy atom. The van der Waals surface area contributed by atoms with Crippen molar-refractivity contribution in [2.45, 2.75) is 26.2 Å². The van der Waals surface area contributed by atoms with Crippen molar-refractivity contribution in [2.75, 3.05) is 27.3 Å². The van der Waals surface area contributed by atoms with Crippen LogP contribution >= 0.6 is 0 Å². The van der Waals surface area contributed by atoms with E-state index in [1.807, 2.05) is 6.92 Å². The third-order valence-corrected chi connectivity index (χ3v) is 4.22. The lowest BCUT2D eigenvalue weighted by Gasteiger charge is -2.31. The molecule has 0 unspecified atom stereocenters. The predicted octanol–water partition coefficient (Wildman–Crippen LogP) is 2.54. The molecule has 1 saturated heterocycles. The zero-order valence-corrected chi connectivity index (χ0v) is 13.4. The first-order valence-electron chi connectivity index (χ1n) is 7.64. The van der Waals surface area contributed by atoms with Gasteiger partial charge in [-0.25, -0.2) is 0 Å². The van der Waals surface area contributed by atoms with Gasteiger partial charge in [-0.3, -0.25) is 9.59 Å². The number of Topliss-reactive ketones (excluding diaryl/α,β-unsaturated/α-hetero) is 1. The number of benzene rings is 1. The number of piperidine rings is 1. The Kier molecular flexibility index (Phi) is 5.41. The highest BCUT2D eigenvalue weighted by atomic mass is 16.5. The summed E-state index contributed by atoms with van der Waals surface area (Å²) < 4.78 is 10.4. The molecule has 1 aliphatic heterocycles.